The van der Waals surface area contributed by atoms with Gasteiger partial charge >= 0.3 is 5.97 Å². The van der Waals surface area contributed by atoms with E-state index in [1.54, 1.807) is 6.92 Å². The van der Waals surface area contributed by atoms with Crippen LogP contribution in [0.2, 0.25) is 0 Å². The number of aliphatic carboxylic acids is 1. The number of aryl methyl sites for hydroxylation is 1. The van der Waals surface area contributed by atoms with Crippen LogP contribution in [0.25, 0.3) is 11.3 Å². The van der Waals surface area contributed by atoms with Gasteiger partial charge in [0.15, 0.2) is 6.04 Å². The Hall–Kier alpha value is -2.85. The van der Waals surface area contributed by atoms with Gasteiger partial charge in [-0.05, 0) is 13.8 Å². The van der Waals surface area contributed by atoms with E-state index >= 15 is 0 Å². The van der Waals surface area contributed by atoms with Crippen LogP contribution in [-0.4, -0.2) is 60.4 Å². The summed E-state index contributed by atoms with van der Waals surface area (Å²) >= 11 is 0.953. The number of carbonyl (C=O) groups excluding carboxylic acids is 2. The monoisotopic (exact) mass is 417 g/mol. The Kier molecular flexibility index (Phi) is 4.62. The van der Waals surface area contributed by atoms with Gasteiger partial charge in [-0.3, -0.25) is 9.59 Å². The van der Waals surface area contributed by atoms with Gasteiger partial charge in [0.2, 0.25) is 11.8 Å². The van der Waals surface area contributed by atoms with Crippen LogP contribution >= 0.6 is 11.8 Å². The molecule has 0 bridgehead atoms. The molecular formula is C19H19N3O6S. The van der Waals surface area contributed by atoms with E-state index in [2.05, 4.69) is 10.5 Å². The van der Waals surface area contributed by atoms with Crippen molar-refractivity contribution >= 4 is 29.5 Å². The lowest BCUT2D eigenvalue weighted by atomic mass is 9.99. The van der Waals surface area contributed by atoms with Crippen LogP contribution < -0.4 is 5.32 Å². The van der Waals surface area contributed by atoms with Crippen LogP contribution in [0.3, 0.4) is 0 Å². The largest absolute Gasteiger partial charge is 0.480 e. The number of rotatable bonds is 5. The lowest BCUT2D eigenvalue weighted by molar-refractivity contribution is -0.164. The number of thioether (sulfide) groups is 1. The van der Waals surface area contributed by atoms with E-state index in [0.717, 1.165) is 22.2 Å². The van der Waals surface area contributed by atoms with Crippen molar-refractivity contribution in [2.45, 2.75) is 42.7 Å². The lowest BCUT2D eigenvalue weighted by Crippen LogP contribution is -2.70. The molecule has 4 atom stereocenters. The molecule has 2 aromatic rings. The molecule has 2 fully saturated rings. The Labute approximate surface area is 170 Å². The molecule has 4 rings (SSSR count). The van der Waals surface area contributed by atoms with Crippen molar-refractivity contribution in [1.82, 2.24) is 15.4 Å². The first-order chi connectivity index (χ1) is 13.7. The maximum Gasteiger partial charge on any atom is 0.330 e. The van der Waals surface area contributed by atoms with E-state index in [9.17, 15) is 24.6 Å². The van der Waals surface area contributed by atoms with Crippen LogP contribution in [0.5, 0.6) is 0 Å². The molecule has 3 heterocycles. The molecule has 1 aromatic heterocycles. The molecular weight excluding hydrogens is 398 g/mol. The fraction of sp³-hybridized carbons (Fsp3) is 0.368. The third-order valence-corrected chi connectivity index (χ3v) is 6.59. The van der Waals surface area contributed by atoms with E-state index in [4.69, 9.17) is 4.52 Å². The SMILES string of the molecule is Cc1onc(-c2ccccc2)c1CC(=O)N[C@@H]1C(=O)N2[C@@H]1SC(C)(O)[C@@H]2C(=O)O. The first kappa shape index (κ1) is 19.5. The lowest BCUT2D eigenvalue weighted by Gasteiger charge is -2.43. The average Bonchev–Trinajstić information content (AvgIpc) is 3.15. The Morgan fingerprint density at radius 3 is 2.69 bits per heavy atom. The molecule has 0 saturated carbocycles. The third kappa shape index (κ3) is 3.18. The number of β-lactam (4-membered cyclic amide) rings is 1. The van der Waals surface area contributed by atoms with Crippen molar-refractivity contribution in [3.63, 3.8) is 0 Å². The number of carboxylic acids is 1. The van der Waals surface area contributed by atoms with Gasteiger partial charge in [0.1, 0.15) is 27.8 Å². The number of aromatic nitrogens is 1. The summed E-state index contributed by atoms with van der Waals surface area (Å²) in [6.07, 6.45) is -0.0422. The van der Waals surface area contributed by atoms with Crippen LogP contribution in [0.4, 0.5) is 0 Å². The zero-order chi connectivity index (χ0) is 20.9. The minimum atomic E-state index is -1.63. The maximum atomic E-state index is 12.6. The van der Waals surface area contributed by atoms with Gasteiger partial charge in [0.05, 0.1) is 6.42 Å². The van der Waals surface area contributed by atoms with Gasteiger partial charge in [-0.15, -0.1) is 0 Å². The summed E-state index contributed by atoms with van der Waals surface area (Å²) < 4.78 is 5.25. The molecule has 0 aliphatic carbocycles. The molecule has 10 heteroatoms. The number of benzene rings is 1. The highest BCUT2D eigenvalue weighted by Crippen LogP contribution is 2.49. The van der Waals surface area contributed by atoms with Crippen molar-refractivity contribution in [3.05, 3.63) is 41.7 Å². The molecule has 29 heavy (non-hydrogen) atoms. The van der Waals surface area contributed by atoms with Crippen molar-refractivity contribution in [1.29, 1.82) is 0 Å². The molecule has 2 saturated heterocycles. The fourth-order valence-electron chi connectivity index (χ4n) is 3.74. The van der Waals surface area contributed by atoms with Gasteiger partial charge < -0.3 is 25.0 Å². The number of aliphatic hydroxyl groups is 1. The summed E-state index contributed by atoms with van der Waals surface area (Å²) in [5, 5.41) is 25.7. The van der Waals surface area contributed by atoms with Gasteiger partial charge in [-0.25, -0.2) is 4.79 Å². The van der Waals surface area contributed by atoms with Crippen molar-refractivity contribution in [3.8, 4) is 11.3 Å². The summed E-state index contributed by atoms with van der Waals surface area (Å²) in [5.74, 6) is -1.71. The molecule has 0 radical (unpaired) electrons. The second-order valence-electron chi connectivity index (χ2n) is 7.20. The minimum Gasteiger partial charge on any atom is -0.480 e. The number of fused-ring (bicyclic) bond motifs is 1. The van der Waals surface area contributed by atoms with E-state index in [1.165, 1.54) is 6.92 Å². The number of hydrogen-bond donors (Lipinski definition) is 3. The summed E-state index contributed by atoms with van der Waals surface area (Å²) in [6, 6.07) is 7.06. The molecule has 2 amide bonds. The van der Waals surface area contributed by atoms with Gasteiger partial charge in [-0.2, -0.15) is 0 Å². The van der Waals surface area contributed by atoms with E-state index in [0.29, 0.717) is 17.0 Å². The average molecular weight is 417 g/mol. The highest BCUT2D eigenvalue weighted by Gasteiger charge is 2.65. The maximum absolute atomic E-state index is 12.6. The summed E-state index contributed by atoms with van der Waals surface area (Å²) in [4.78, 5) is 36.0. The first-order valence-corrected chi connectivity index (χ1v) is 9.84. The van der Waals surface area contributed by atoms with Crippen LogP contribution in [0.15, 0.2) is 34.9 Å². The van der Waals surface area contributed by atoms with Gasteiger partial charge in [0.25, 0.3) is 0 Å². The number of carbonyl (C=O) groups is 3. The quantitative estimate of drug-likeness (QED) is 0.607. The van der Waals surface area contributed by atoms with Gasteiger partial charge in [0, 0.05) is 11.1 Å². The highest BCUT2D eigenvalue weighted by atomic mass is 32.2. The predicted octanol–water partition coefficient (Wildman–Crippen LogP) is 0.754. The Morgan fingerprint density at radius 2 is 2.03 bits per heavy atom. The Balaban J connectivity index is 1.48. The molecule has 2 aliphatic heterocycles. The van der Waals surface area contributed by atoms with E-state index < -0.39 is 40.2 Å². The number of amides is 2. The second kappa shape index (κ2) is 6.89. The van der Waals surface area contributed by atoms with Crippen LogP contribution in [-0.2, 0) is 20.8 Å². The number of carboxylic acid groups (broad SMARTS) is 1. The fourth-order valence-corrected chi connectivity index (χ4v) is 5.23. The van der Waals surface area contributed by atoms with Crippen molar-refractivity contribution in [2.75, 3.05) is 0 Å². The van der Waals surface area contributed by atoms with Crippen LogP contribution in [0.1, 0.15) is 18.2 Å². The van der Waals surface area contributed by atoms with E-state index in [1.807, 2.05) is 30.3 Å². The molecule has 0 spiro atoms. The number of hydrogen-bond acceptors (Lipinski definition) is 7. The normalized spacial score (nSPS) is 28.0. The summed E-state index contributed by atoms with van der Waals surface area (Å²) in [5.41, 5.74) is 1.99. The molecule has 152 valence electrons. The topological polar surface area (TPSA) is 133 Å². The van der Waals surface area contributed by atoms with Crippen molar-refractivity contribution < 1.29 is 29.1 Å². The van der Waals surface area contributed by atoms with Crippen LogP contribution in [0, 0.1) is 6.92 Å². The molecule has 1 unspecified atom stereocenters. The number of nitrogens with one attached hydrogen (secondary N) is 1. The summed E-state index contributed by atoms with van der Waals surface area (Å²) in [7, 11) is 0. The molecule has 9 nitrogen and oxygen atoms in total. The Bertz CT molecular complexity index is 989. The van der Waals surface area contributed by atoms with E-state index in [-0.39, 0.29) is 6.42 Å². The third-order valence-electron chi connectivity index (χ3n) is 5.14. The zero-order valence-corrected chi connectivity index (χ0v) is 16.5. The number of nitrogens with zero attached hydrogens (tertiary/aromatic N) is 2. The minimum absolute atomic E-state index is 0.0422. The molecule has 1 aromatic carbocycles. The molecule has 3 N–H and O–H groups in total. The first-order valence-electron chi connectivity index (χ1n) is 8.96. The van der Waals surface area contributed by atoms with Crippen molar-refractivity contribution in [2.24, 2.45) is 0 Å². The highest BCUT2D eigenvalue weighted by molar-refractivity contribution is 8.01. The Morgan fingerprint density at radius 1 is 1.34 bits per heavy atom. The summed E-state index contributed by atoms with van der Waals surface area (Å²) in [6.45, 7) is 3.06. The zero-order valence-electron chi connectivity index (χ0n) is 15.7. The second-order valence-corrected chi connectivity index (χ2v) is 8.75. The predicted molar refractivity (Wildman–Crippen MR) is 103 cm³/mol. The molecule has 2 aliphatic rings. The van der Waals surface area contributed by atoms with Gasteiger partial charge in [-0.1, -0.05) is 47.3 Å². The smallest absolute Gasteiger partial charge is 0.330 e. The standard InChI is InChI=1S/C19H19N3O6S/c1-9-11(13(21-28-9)10-6-4-3-5-7-10)8-12(23)20-14-16(24)22-15(18(25)26)19(2,27)29-17(14)22/h3-7,14-15,17,27H,8H2,1-2H3,(H,20,23)(H,25,26)/t14-,15+,17-,19?/m1/s1.